The quantitative estimate of drug-likeness (QED) is 0.787. The van der Waals surface area contributed by atoms with Gasteiger partial charge < -0.3 is 20.3 Å². The Morgan fingerprint density at radius 1 is 1.14 bits per heavy atom. The number of halogens is 1. The van der Waals surface area contributed by atoms with E-state index in [1.165, 1.54) is 5.56 Å². The molecule has 0 aliphatic carbocycles. The minimum Gasteiger partial charge on any atom is -0.378 e. The van der Waals surface area contributed by atoms with Crippen LogP contribution in [0.3, 0.4) is 0 Å². The third-order valence-corrected chi connectivity index (χ3v) is 5.21. The Morgan fingerprint density at radius 2 is 1.93 bits per heavy atom. The van der Waals surface area contributed by atoms with Crippen molar-refractivity contribution in [2.75, 3.05) is 36.5 Å². The summed E-state index contributed by atoms with van der Waals surface area (Å²) in [5.41, 5.74) is 3.93. The monoisotopic (exact) mass is 415 g/mol. The van der Waals surface area contributed by atoms with Crippen molar-refractivity contribution in [1.29, 1.82) is 0 Å². The van der Waals surface area contributed by atoms with Gasteiger partial charge in [-0.2, -0.15) is 0 Å². The number of carbonyl (C=O) groups is 2. The Morgan fingerprint density at radius 3 is 2.69 bits per heavy atom. The molecule has 1 unspecified atom stereocenters. The third kappa shape index (κ3) is 5.35. The number of para-hydroxylation sites is 1. The highest BCUT2D eigenvalue weighted by Crippen LogP contribution is 2.28. The van der Waals surface area contributed by atoms with Crippen molar-refractivity contribution >= 4 is 35.6 Å². The normalized spacial score (nSPS) is 17.9. The smallest absolute Gasteiger partial charge is 0.231 e. The lowest BCUT2D eigenvalue weighted by atomic mass is 10.1. The fourth-order valence-electron chi connectivity index (χ4n) is 3.76. The molecule has 0 bridgehead atoms. The van der Waals surface area contributed by atoms with E-state index in [1.54, 1.807) is 0 Å². The van der Waals surface area contributed by atoms with Gasteiger partial charge in [-0.15, -0.1) is 12.4 Å². The largest absolute Gasteiger partial charge is 0.378 e. The number of hydrogen-bond donors (Lipinski definition) is 2. The molecule has 7 heteroatoms. The molecule has 2 aliphatic heterocycles. The van der Waals surface area contributed by atoms with Crippen molar-refractivity contribution in [2.45, 2.75) is 25.3 Å². The summed E-state index contributed by atoms with van der Waals surface area (Å²) in [7, 11) is 0. The highest BCUT2D eigenvalue weighted by atomic mass is 35.5. The molecule has 1 fully saturated rings. The molecule has 2 N–H and O–H groups in total. The van der Waals surface area contributed by atoms with Gasteiger partial charge in [0.05, 0.1) is 19.6 Å². The zero-order valence-corrected chi connectivity index (χ0v) is 17.0. The van der Waals surface area contributed by atoms with E-state index in [9.17, 15) is 9.59 Å². The van der Waals surface area contributed by atoms with Crippen LogP contribution in [0.1, 0.15) is 17.5 Å². The number of benzene rings is 2. The van der Waals surface area contributed by atoms with E-state index in [2.05, 4.69) is 16.7 Å². The minimum atomic E-state index is -0.0412. The van der Waals surface area contributed by atoms with E-state index in [0.29, 0.717) is 26.1 Å². The highest BCUT2D eigenvalue weighted by molar-refractivity contribution is 5.97. The first-order valence-corrected chi connectivity index (χ1v) is 9.77. The van der Waals surface area contributed by atoms with Crippen LogP contribution in [0.5, 0.6) is 0 Å². The van der Waals surface area contributed by atoms with Gasteiger partial charge in [-0.25, -0.2) is 0 Å². The molecule has 4 rings (SSSR count). The molecule has 1 saturated heterocycles. The van der Waals surface area contributed by atoms with Gasteiger partial charge in [0.25, 0.3) is 0 Å². The van der Waals surface area contributed by atoms with Crippen molar-refractivity contribution in [3.05, 3.63) is 59.7 Å². The molecule has 6 nitrogen and oxygen atoms in total. The summed E-state index contributed by atoms with van der Waals surface area (Å²) in [6.45, 7) is 2.78. The summed E-state index contributed by atoms with van der Waals surface area (Å²) in [5.74, 6) is 0.0607. The number of ether oxygens (including phenoxy) is 1. The topological polar surface area (TPSA) is 70.7 Å². The van der Waals surface area contributed by atoms with E-state index in [-0.39, 0.29) is 30.3 Å². The molecule has 0 aromatic heterocycles. The van der Waals surface area contributed by atoms with Crippen LogP contribution >= 0.6 is 12.4 Å². The molecule has 154 valence electrons. The predicted molar refractivity (Wildman–Crippen MR) is 116 cm³/mol. The summed E-state index contributed by atoms with van der Waals surface area (Å²) in [5, 5.41) is 6.18. The third-order valence-electron chi connectivity index (χ3n) is 5.21. The predicted octanol–water partition coefficient (Wildman–Crippen LogP) is 2.56. The highest BCUT2D eigenvalue weighted by Gasteiger charge is 2.24. The number of morpholine rings is 1. The van der Waals surface area contributed by atoms with Gasteiger partial charge in [0.15, 0.2) is 0 Å². The summed E-state index contributed by atoms with van der Waals surface area (Å²) in [6.07, 6.45) is 1.65. The number of anilines is 2. The van der Waals surface area contributed by atoms with E-state index in [4.69, 9.17) is 4.74 Å². The summed E-state index contributed by atoms with van der Waals surface area (Å²) >= 11 is 0. The van der Waals surface area contributed by atoms with Crippen LogP contribution in [0.4, 0.5) is 11.4 Å². The van der Waals surface area contributed by atoms with Gasteiger partial charge in [0.2, 0.25) is 11.8 Å². The summed E-state index contributed by atoms with van der Waals surface area (Å²) in [6, 6.07) is 15.6. The van der Waals surface area contributed by atoms with Crippen molar-refractivity contribution in [3.8, 4) is 0 Å². The summed E-state index contributed by atoms with van der Waals surface area (Å²) in [4.78, 5) is 26.7. The SMILES string of the molecule is Cl.O=C(CC1COCCN1)Nc1ccc(CC(=O)N2CCc3ccccc32)cc1. The Balaban J connectivity index is 0.00000240. The van der Waals surface area contributed by atoms with Crippen molar-refractivity contribution < 1.29 is 14.3 Å². The van der Waals surface area contributed by atoms with Crippen LogP contribution < -0.4 is 15.5 Å². The van der Waals surface area contributed by atoms with E-state index >= 15 is 0 Å². The number of hydrogen-bond acceptors (Lipinski definition) is 4. The number of carbonyl (C=O) groups excluding carboxylic acids is 2. The standard InChI is InChI=1S/C22H25N3O3.ClH/c26-21(14-19-15-28-12-10-23-19)24-18-7-5-16(6-8-18)13-22(27)25-11-9-17-3-1-2-4-20(17)25;/h1-8,19,23H,9-15H2,(H,24,26);1H. The number of nitrogens with zero attached hydrogens (tertiary/aromatic N) is 1. The first-order valence-electron chi connectivity index (χ1n) is 9.77. The molecule has 0 saturated carbocycles. The molecule has 0 spiro atoms. The molecule has 1 atom stereocenters. The molecule has 2 aliphatic rings. The molecular weight excluding hydrogens is 390 g/mol. The lowest BCUT2D eigenvalue weighted by molar-refractivity contribution is -0.118. The van der Waals surface area contributed by atoms with Gasteiger partial charge in [-0.05, 0) is 35.7 Å². The second-order valence-corrected chi connectivity index (χ2v) is 7.28. The van der Waals surface area contributed by atoms with Crippen LogP contribution in [-0.2, 0) is 27.2 Å². The molecule has 29 heavy (non-hydrogen) atoms. The zero-order chi connectivity index (χ0) is 19.3. The van der Waals surface area contributed by atoms with Crippen LogP contribution in [-0.4, -0.2) is 44.2 Å². The van der Waals surface area contributed by atoms with Crippen molar-refractivity contribution in [3.63, 3.8) is 0 Å². The Kier molecular flexibility index (Phi) is 7.25. The van der Waals surface area contributed by atoms with Crippen LogP contribution in [0.25, 0.3) is 0 Å². The number of fused-ring (bicyclic) bond motifs is 1. The summed E-state index contributed by atoms with van der Waals surface area (Å²) < 4.78 is 5.37. The van der Waals surface area contributed by atoms with Gasteiger partial charge in [0.1, 0.15) is 0 Å². The number of nitrogens with one attached hydrogen (secondary N) is 2. The van der Waals surface area contributed by atoms with E-state index in [0.717, 1.165) is 36.4 Å². The Labute approximate surface area is 177 Å². The second kappa shape index (κ2) is 9.87. The van der Waals surface area contributed by atoms with Gasteiger partial charge in [-0.1, -0.05) is 30.3 Å². The first-order chi connectivity index (χ1) is 13.7. The Hall–Kier alpha value is -2.41. The average Bonchev–Trinajstić information content (AvgIpc) is 3.14. The van der Waals surface area contributed by atoms with E-state index < -0.39 is 0 Å². The zero-order valence-electron chi connectivity index (χ0n) is 16.2. The van der Waals surface area contributed by atoms with E-state index in [1.807, 2.05) is 47.4 Å². The molecule has 2 aromatic rings. The lowest BCUT2D eigenvalue weighted by Gasteiger charge is -2.23. The maximum Gasteiger partial charge on any atom is 0.231 e. The number of amides is 2. The van der Waals surface area contributed by atoms with Crippen molar-refractivity contribution in [1.82, 2.24) is 5.32 Å². The van der Waals surface area contributed by atoms with Crippen LogP contribution in [0.15, 0.2) is 48.5 Å². The molecule has 2 heterocycles. The molecular formula is C22H26ClN3O3. The van der Waals surface area contributed by atoms with Crippen molar-refractivity contribution in [2.24, 2.45) is 0 Å². The minimum absolute atomic E-state index is 0. The van der Waals surface area contributed by atoms with Gasteiger partial charge >= 0.3 is 0 Å². The molecule has 2 aromatic carbocycles. The lowest BCUT2D eigenvalue weighted by Crippen LogP contribution is -2.43. The fourth-order valence-corrected chi connectivity index (χ4v) is 3.76. The fraction of sp³-hybridized carbons (Fsp3) is 0.364. The van der Waals surface area contributed by atoms with Crippen LogP contribution in [0, 0.1) is 0 Å². The maximum atomic E-state index is 12.7. The van der Waals surface area contributed by atoms with Gasteiger partial charge in [-0.3, -0.25) is 9.59 Å². The van der Waals surface area contributed by atoms with Crippen LogP contribution in [0.2, 0.25) is 0 Å². The maximum absolute atomic E-state index is 12.7. The number of rotatable bonds is 5. The second-order valence-electron chi connectivity index (χ2n) is 7.28. The molecule has 2 amide bonds. The van der Waals surface area contributed by atoms with Gasteiger partial charge in [0, 0.05) is 36.9 Å². The molecule has 0 radical (unpaired) electrons. The Bertz CT molecular complexity index is 851. The average molecular weight is 416 g/mol. The first kappa shape index (κ1) is 21.3.